The van der Waals surface area contributed by atoms with E-state index in [2.05, 4.69) is 16.0 Å². The Morgan fingerprint density at radius 2 is 2.55 bits per heavy atom. The first-order chi connectivity index (χ1) is 5.33. The Balaban J connectivity index is 2.13. The quantitative estimate of drug-likeness (QED) is 0.476. The summed E-state index contributed by atoms with van der Waals surface area (Å²) in [6.07, 6.45) is 1.05. The van der Waals surface area contributed by atoms with Crippen LogP contribution in [0.1, 0.15) is 6.42 Å². The summed E-state index contributed by atoms with van der Waals surface area (Å²) in [6.45, 7) is 2.34. The molecule has 11 heavy (non-hydrogen) atoms. The average Bonchev–Trinajstić information content (AvgIpc) is 2.40. The molecule has 1 aliphatic rings. The molecule has 1 fully saturated rings. The molecule has 1 saturated heterocycles. The molecular weight excluding hydrogens is 142 g/mol. The smallest absolute Gasteiger partial charge is 0.234 e. The van der Waals surface area contributed by atoms with Crippen molar-refractivity contribution in [2.45, 2.75) is 12.5 Å². The van der Waals surface area contributed by atoms with Crippen molar-refractivity contribution >= 4 is 5.91 Å². The summed E-state index contributed by atoms with van der Waals surface area (Å²) in [4.78, 5) is 11.0. The van der Waals surface area contributed by atoms with E-state index in [-0.39, 0.29) is 5.91 Å². The summed E-state index contributed by atoms with van der Waals surface area (Å²) < 4.78 is 0. The first-order valence-corrected chi connectivity index (χ1v) is 3.97. The molecule has 1 aliphatic heterocycles. The van der Waals surface area contributed by atoms with Gasteiger partial charge in [-0.2, -0.15) is 0 Å². The van der Waals surface area contributed by atoms with Crippen LogP contribution in [0.2, 0.25) is 0 Å². The highest BCUT2D eigenvalue weighted by Gasteiger charge is 2.15. The molecule has 0 aliphatic carbocycles. The number of rotatable bonds is 3. The molecule has 1 heterocycles. The molecule has 0 spiro atoms. The van der Waals surface area contributed by atoms with Crippen LogP contribution >= 0.6 is 0 Å². The summed E-state index contributed by atoms with van der Waals surface area (Å²) in [5, 5.41) is 8.91. The second-order valence-corrected chi connectivity index (χ2v) is 2.79. The van der Waals surface area contributed by atoms with Crippen LogP contribution in [0.5, 0.6) is 0 Å². The number of hydrogen-bond acceptors (Lipinski definition) is 3. The SMILES string of the molecule is CNCC(=O)N[C@H]1CCNC1. The molecule has 4 heteroatoms. The molecule has 0 aromatic rings. The van der Waals surface area contributed by atoms with Gasteiger partial charge < -0.3 is 16.0 Å². The van der Waals surface area contributed by atoms with Gasteiger partial charge in [0.05, 0.1) is 6.54 Å². The molecule has 0 bridgehead atoms. The Kier molecular flexibility index (Phi) is 3.32. The van der Waals surface area contributed by atoms with E-state index in [0.29, 0.717) is 12.6 Å². The van der Waals surface area contributed by atoms with Crippen LogP contribution in [0, 0.1) is 0 Å². The summed E-state index contributed by atoms with van der Waals surface area (Å²) in [5.41, 5.74) is 0. The summed E-state index contributed by atoms with van der Waals surface area (Å²) in [6, 6.07) is 0.343. The highest BCUT2D eigenvalue weighted by Crippen LogP contribution is 1.95. The average molecular weight is 157 g/mol. The van der Waals surface area contributed by atoms with E-state index in [1.54, 1.807) is 7.05 Å². The zero-order chi connectivity index (χ0) is 8.10. The second-order valence-electron chi connectivity index (χ2n) is 2.79. The molecular formula is C7H15N3O. The molecule has 0 aromatic heterocycles. The molecule has 1 atom stereocenters. The molecule has 0 saturated carbocycles. The van der Waals surface area contributed by atoms with E-state index in [9.17, 15) is 4.79 Å². The van der Waals surface area contributed by atoms with Gasteiger partial charge in [-0.25, -0.2) is 0 Å². The molecule has 4 nitrogen and oxygen atoms in total. The molecule has 64 valence electrons. The van der Waals surface area contributed by atoms with Crippen molar-refractivity contribution in [1.29, 1.82) is 0 Å². The van der Waals surface area contributed by atoms with Crippen molar-refractivity contribution in [3.8, 4) is 0 Å². The number of carbonyl (C=O) groups is 1. The van der Waals surface area contributed by atoms with Gasteiger partial charge >= 0.3 is 0 Å². The number of carbonyl (C=O) groups excluding carboxylic acids is 1. The van der Waals surface area contributed by atoms with Crippen LogP contribution in [-0.4, -0.2) is 38.6 Å². The van der Waals surface area contributed by atoms with Gasteiger partial charge in [0.25, 0.3) is 0 Å². The van der Waals surface area contributed by atoms with Gasteiger partial charge in [0, 0.05) is 12.6 Å². The first-order valence-electron chi connectivity index (χ1n) is 3.97. The first kappa shape index (κ1) is 8.49. The van der Waals surface area contributed by atoms with Crippen molar-refractivity contribution < 1.29 is 4.79 Å². The monoisotopic (exact) mass is 157 g/mol. The van der Waals surface area contributed by atoms with Crippen molar-refractivity contribution in [2.75, 3.05) is 26.7 Å². The Bertz CT molecular complexity index is 132. The van der Waals surface area contributed by atoms with Gasteiger partial charge in [0.2, 0.25) is 5.91 Å². The predicted molar refractivity (Wildman–Crippen MR) is 43.3 cm³/mol. The van der Waals surface area contributed by atoms with E-state index in [1.165, 1.54) is 0 Å². The summed E-state index contributed by atoms with van der Waals surface area (Å²) in [5.74, 6) is 0.0844. The molecule has 0 unspecified atom stereocenters. The third kappa shape index (κ3) is 2.86. The van der Waals surface area contributed by atoms with E-state index in [1.807, 2.05) is 0 Å². The standard InChI is InChI=1S/C7H15N3O/c1-8-5-7(11)10-6-2-3-9-4-6/h6,8-9H,2-5H2,1H3,(H,10,11)/t6-/m0/s1. The van der Waals surface area contributed by atoms with Crippen molar-refractivity contribution in [3.63, 3.8) is 0 Å². The fourth-order valence-corrected chi connectivity index (χ4v) is 1.22. The lowest BCUT2D eigenvalue weighted by molar-refractivity contribution is -0.120. The summed E-state index contributed by atoms with van der Waals surface area (Å²) >= 11 is 0. The van der Waals surface area contributed by atoms with Crippen molar-refractivity contribution in [3.05, 3.63) is 0 Å². The lowest BCUT2D eigenvalue weighted by Gasteiger charge is -2.10. The maximum Gasteiger partial charge on any atom is 0.234 e. The Morgan fingerprint density at radius 1 is 1.73 bits per heavy atom. The molecule has 1 rings (SSSR count). The van der Waals surface area contributed by atoms with Crippen LogP contribution in [0.3, 0.4) is 0 Å². The predicted octanol–water partition coefficient (Wildman–Crippen LogP) is -1.32. The van der Waals surface area contributed by atoms with Crippen molar-refractivity contribution in [2.24, 2.45) is 0 Å². The van der Waals surface area contributed by atoms with E-state index >= 15 is 0 Å². The third-order valence-electron chi connectivity index (χ3n) is 1.76. The maximum absolute atomic E-state index is 11.0. The van der Waals surface area contributed by atoms with Crippen LogP contribution < -0.4 is 16.0 Å². The van der Waals surface area contributed by atoms with Gasteiger partial charge in [-0.1, -0.05) is 0 Å². The van der Waals surface area contributed by atoms with Gasteiger partial charge in [-0.3, -0.25) is 4.79 Å². The van der Waals surface area contributed by atoms with Crippen LogP contribution in [0.25, 0.3) is 0 Å². The Morgan fingerprint density at radius 3 is 3.09 bits per heavy atom. The minimum atomic E-state index is 0.0844. The van der Waals surface area contributed by atoms with E-state index < -0.39 is 0 Å². The Hall–Kier alpha value is -0.610. The fourth-order valence-electron chi connectivity index (χ4n) is 1.22. The summed E-state index contributed by atoms with van der Waals surface area (Å²) in [7, 11) is 1.77. The minimum Gasteiger partial charge on any atom is -0.351 e. The third-order valence-corrected chi connectivity index (χ3v) is 1.76. The maximum atomic E-state index is 11.0. The van der Waals surface area contributed by atoms with Crippen molar-refractivity contribution in [1.82, 2.24) is 16.0 Å². The highest BCUT2D eigenvalue weighted by molar-refractivity contribution is 5.78. The largest absolute Gasteiger partial charge is 0.351 e. The van der Waals surface area contributed by atoms with Gasteiger partial charge in [0.1, 0.15) is 0 Å². The van der Waals surface area contributed by atoms with E-state index in [4.69, 9.17) is 0 Å². The lowest BCUT2D eigenvalue weighted by atomic mass is 10.2. The van der Waals surface area contributed by atoms with E-state index in [0.717, 1.165) is 19.5 Å². The zero-order valence-electron chi connectivity index (χ0n) is 6.81. The topological polar surface area (TPSA) is 53.2 Å². The second kappa shape index (κ2) is 4.31. The van der Waals surface area contributed by atoms with Crippen LogP contribution in [-0.2, 0) is 4.79 Å². The lowest BCUT2D eigenvalue weighted by Crippen LogP contribution is -2.40. The normalized spacial score (nSPS) is 23.5. The minimum absolute atomic E-state index is 0.0844. The number of amides is 1. The van der Waals surface area contributed by atoms with Gasteiger partial charge in [-0.15, -0.1) is 0 Å². The number of hydrogen-bond donors (Lipinski definition) is 3. The van der Waals surface area contributed by atoms with Crippen LogP contribution in [0.4, 0.5) is 0 Å². The highest BCUT2D eigenvalue weighted by atomic mass is 16.1. The molecule has 0 aromatic carbocycles. The Labute approximate surface area is 66.7 Å². The number of likely N-dealkylation sites (N-methyl/N-ethyl adjacent to an activating group) is 1. The van der Waals surface area contributed by atoms with Gasteiger partial charge in [0.15, 0.2) is 0 Å². The molecule has 3 N–H and O–H groups in total. The van der Waals surface area contributed by atoms with Crippen LogP contribution in [0.15, 0.2) is 0 Å². The van der Waals surface area contributed by atoms with Gasteiger partial charge in [-0.05, 0) is 20.0 Å². The molecule has 1 amide bonds. The molecule has 0 radical (unpaired) electrons. The number of nitrogens with one attached hydrogen (secondary N) is 3. The fraction of sp³-hybridized carbons (Fsp3) is 0.857. The zero-order valence-corrected chi connectivity index (χ0v) is 6.81.